The van der Waals surface area contributed by atoms with Crippen LogP contribution in [0.2, 0.25) is 0 Å². The van der Waals surface area contributed by atoms with Gasteiger partial charge in [0.1, 0.15) is 6.04 Å². The average molecular weight is 303 g/mol. The first-order chi connectivity index (χ1) is 10.7. The Labute approximate surface area is 132 Å². The lowest BCUT2D eigenvalue weighted by Gasteiger charge is -2.31. The van der Waals surface area contributed by atoms with Crippen LogP contribution in [-0.2, 0) is 0 Å². The third-order valence-electron chi connectivity index (χ3n) is 3.59. The molecule has 2 rings (SSSR count). The first-order valence-corrected chi connectivity index (χ1v) is 7.93. The fourth-order valence-electron chi connectivity index (χ4n) is 2.62. The minimum Gasteiger partial charge on any atom is -0.490 e. The van der Waals surface area contributed by atoms with E-state index in [1.54, 1.807) is 0 Å². The zero-order valence-electron chi connectivity index (χ0n) is 13.6. The maximum absolute atomic E-state index is 9.58. The fraction of sp³-hybridized carbons (Fsp3) is 0.588. The van der Waals surface area contributed by atoms with E-state index in [0.29, 0.717) is 12.4 Å². The third kappa shape index (κ3) is 4.12. The van der Waals surface area contributed by atoms with Crippen molar-refractivity contribution in [2.75, 3.05) is 32.8 Å². The van der Waals surface area contributed by atoms with Gasteiger partial charge in [0.25, 0.3) is 0 Å². The molecule has 1 aliphatic rings. The van der Waals surface area contributed by atoms with Crippen molar-refractivity contribution in [1.82, 2.24) is 10.2 Å². The molecular weight excluding hydrogens is 278 g/mol. The lowest BCUT2D eigenvalue weighted by molar-refractivity contribution is 0.205. The van der Waals surface area contributed by atoms with Crippen LogP contribution in [0.25, 0.3) is 0 Å². The van der Waals surface area contributed by atoms with Crippen LogP contribution in [0.5, 0.6) is 11.5 Å². The Hall–Kier alpha value is -1.77. The molecule has 0 aliphatic carbocycles. The van der Waals surface area contributed by atoms with Gasteiger partial charge in [-0.1, -0.05) is 6.07 Å². The second kappa shape index (κ2) is 8.02. The average Bonchev–Trinajstić information content (AvgIpc) is 2.51. The largest absolute Gasteiger partial charge is 0.490 e. The number of piperazine rings is 1. The zero-order valence-corrected chi connectivity index (χ0v) is 13.6. The van der Waals surface area contributed by atoms with Crippen molar-refractivity contribution in [2.24, 2.45) is 0 Å². The van der Waals surface area contributed by atoms with Gasteiger partial charge in [0.05, 0.1) is 18.8 Å². The summed E-state index contributed by atoms with van der Waals surface area (Å²) in [5.74, 6) is 1.45. The Morgan fingerprint density at radius 2 is 2.00 bits per heavy atom. The van der Waals surface area contributed by atoms with Gasteiger partial charge in [0.15, 0.2) is 11.5 Å². The molecule has 0 amide bonds. The van der Waals surface area contributed by atoms with E-state index in [1.807, 2.05) is 39.0 Å². The van der Waals surface area contributed by atoms with Crippen molar-refractivity contribution in [1.29, 1.82) is 5.26 Å². The van der Waals surface area contributed by atoms with Crippen LogP contribution in [0.3, 0.4) is 0 Å². The van der Waals surface area contributed by atoms with Gasteiger partial charge < -0.3 is 14.8 Å². The van der Waals surface area contributed by atoms with Crippen LogP contribution in [0.15, 0.2) is 18.2 Å². The van der Waals surface area contributed by atoms with E-state index in [-0.39, 0.29) is 12.1 Å². The van der Waals surface area contributed by atoms with E-state index in [0.717, 1.165) is 37.5 Å². The number of ether oxygens (including phenoxy) is 2. The van der Waals surface area contributed by atoms with Crippen molar-refractivity contribution in [3.63, 3.8) is 0 Å². The van der Waals surface area contributed by atoms with Gasteiger partial charge in [-0.25, -0.2) is 0 Å². The summed E-state index contributed by atoms with van der Waals surface area (Å²) in [5.41, 5.74) is 0.962. The summed E-state index contributed by atoms with van der Waals surface area (Å²) in [5, 5.41) is 12.9. The molecule has 0 radical (unpaired) electrons. The number of nitriles is 1. The van der Waals surface area contributed by atoms with Gasteiger partial charge in [-0.3, -0.25) is 4.90 Å². The predicted molar refractivity (Wildman–Crippen MR) is 86.2 cm³/mol. The van der Waals surface area contributed by atoms with Crippen molar-refractivity contribution >= 4 is 0 Å². The Bertz CT molecular complexity index is 519. The molecule has 1 unspecified atom stereocenters. The number of hydrogen-bond donors (Lipinski definition) is 1. The zero-order chi connectivity index (χ0) is 15.9. The van der Waals surface area contributed by atoms with Gasteiger partial charge in [0.2, 0.25) is 0 Å². The highest BCUT2D eigenvalue weighted by atomic mass is 16.5. The van der Waals surface area contributed by atoms with Crippen molar-refractivity contribution in [3.05, 3.63) is 23.8 Å². The highest BCUT2D eigenvalue weighted by Gasteiger charge is 2.23. The van der Waals surface area contributed by atoms with Crippen LogP contribution >= 0.6 is 0 Å². The highest BCUT2D eigenvalue weighted by Crippen LogP contribution is 2.33. The molecule has 1 atom stereocenters. The summed E-state index contributed by atoms with van der Waals surface area (Å²) < 4.78 is 11.5. The monoisotopic (exact) mass is 303 g/mol. The van der Waals surface area contributed by atoms with Crippen molar-refractivity contribution in [3.8, 4) is 17.6 Å². The molecule has 1 aromatic carbocycles. The minimum atomic E-state index is -0.241. The number of nitrogens with one attached hydrogen (secondary N) is 1. The molecule has 22 heavy (non-hydrogen) atoms. The van der Waals surface area contributed by atoms with Gasteiger partial charge in [-0.2, -0.15) is 5.26 Å². The van der Waals surface area contributed by atoms with Crippen LogP contribution in [0, 0.1) is 11.3 Å². The lowest BCUT2D eigenvalue weighted by atomic mass is 10.0. The van der Waals surface area contributed by atoms with Crippen LogP contribution in [0.1, 0.15) is 32.4 Å². The minimum absolute atomic E-state index is 0.0880. The number of nitrogens with zero attached hydrogens (tertiary/aromatic N) is 2. The van der Waals surface area contributed by atoms with E-state index < -0.39 is 0 Å². The number of benzene rings is 1. The second-order valence-corrected chi connectivity index (χ2v) is 5.62. The van der Waals surface area contributed by atoms with Crippen molar-refractivity contribution < 1.29 is 9.47 Å². The maximum Gasteiger partial charge on any atom is 0.161 e. The Morgan fingerprint density at radius 3 is 2.59 bits per heavy atom. The van der Waals surface area contributed by atoms with Crippen LogP contribution in [-0.4, -0.2) is 43.8 Å². The molecule has 0 saturated carbocycles. The molecule has 0 spiro atoms. The molecule has 1 fully saturated rings. The van der Waals surface area contributed by atoms with Crippen LogP contribution in [0.4, 0.5) is 0 Å². The maximum atomic E-state index is 9.58. The topological polar surface area (TPSA) is 57.5 Å². The van der Waals surface area contributed by atoms with Gasteiger partial charge in [0, 0.05) is 26.2 Å². The predicted octanol–water partition coefficient (Wildman–Crippen LogP) is 2.34. The first kappa shape index (κ1) is 16.6. The Kier molecular flexibility index (Phi) is 6.05. The third-order valence-corrected chi connectivity index (χ3v) is 3.59. The summed E-state index contributed by atoms with van der Waals surface area (Å²) in [6.45, 7) is 10.1. The first-order valence-electron chi connectivity index (χ1n) is 7.93. The van der Waals surface area contributed by atoms with Crippen LogP contribution < -0.4 is 14.8 Å². The summed E-state index contributed by atoms with van der Waals surface area (Å²) in [6.07, 6.45) is 0.0880. The number of hydrogen-bond acceptors (Lipinski definition) is 5. The molecule has 5 nitrogen and oxygen atoms in total. The fourth-order valence-corrected chi connectivity index (χ4v) is 2.62. The van der Waals surface area contributed by atoms with Gasteiger partial charge in [-0.05, 0) is 38.5 Å². The van der Waals surface area contributed by atoms with E-state index in [2.05, 4.69) is 16.3 Å². The van der Waals surface area contributed by atoms with Crippen molar-refractivity contribution in [2.45, 2.75) is 32.9 Å². The molecule has 120 valence electrons. The Morgan fingerprint density at radius 1 is 1.27 bits per heavy atom. The molecule has 5 heteroatoms. The molecule has 0 aromatic heterocycles. The van der Waals surface area contributed by atoms with E-state index in [1.165, 1.54) is 0 Å². The smallest absolute Gasteiger partial charge is 0.161 e. The number of rotatable bonds is 6. The van der Waals surface area contributed by atoms with Gasteiger partial charge >= 0.3 is 0 Å². The molecule has 1 N–H and O–H groups in total. The summed E-state index contributed by atoms with van der Waals surface area (Å²) in [6, 6.07) is 8.00. The van der Waals surface area contributed by atoms with E-state index >= 15 is 0 Å². The summed E-state index contributed by atoms with van der Waals surface area (Å²) >= 11 is 0. The SMILES string of the molecule is CCOc1cc(C(C#N)N2CCNCC2)ccc1OC(C)C. The summed E-state index contributed by atoms with van der Waals surface area (Å²) in [4.78, 5) is 2.20. The highest BCUT2D eigenvalue weighted by molar-refractivity contribution is 5.45. The molecule has 1 aliphatic heterocycles. The standard InChI is InChI=1S/C17H25N3O2/c1-4-21-17-11-14(5-6-16(17)22-13(2)3)15(12-18)20-9-7-19-8-10-20/h5-6,11,13,15,19H,4,7-10H2,1-3H3. The van der Waals surface area contributed by atoms with E-state index in [4.69, 9.17) is 9.47 Å². The van der Waals surface area contributed by atoms with Gasteiger partial charge in [-0.15, -0.1) is 0 Å². The molecule has 0 bridgehead atoms. The summed E-state index contributed by atoms with van der Waals surface area (Å²) in [7, 11) is 0. The quantitative estimate of drug-likeness (QED) is 0.874. The second-order valence-electron chi connectivity index (χ2n) is 5.62. The molecule has 1 aromatic rings. The normalized spacial score (nSPS) is 17.0. The molecule has 1 saturated heterocycles. The lowest BCUT2D eigenvalue weighted by Crippen LogP contribution is -2.44. The molecular formula is C17H25N3O2. The van der Waals surface area contributed by atoms with E-state index in [9.17, 15) is 5.26 Å². The molecule has 1 heterocycles. The Balaban J connectivity index is 2.25.